The van der Waals surface area contributed by atoms with Gasteiger partial charge in [-0.15, -0.1) is 0 Å². The first-order chi connectivity index (χ1) is 13.1. The minimum Gasteiger partial charge on any atom is -0.444 e. The van der Waals surface area contributed by atoms with E-state index in [-0.39, 0.29) is 12.1 Å². The predicted molar refractivity (Wildman–Crippen MR) is 105 cm³/mol. The summed E-state index contributed by atoms with van der Waals surface area (Å²) in [5.74, 6) is -0.421. The molecule has 1 unspecified atom stereocenters. The Morgan fingerprint density at radius 2 is 1.68 bits per heavy atom. The number of para-hydroxylation sites is 1. The number of anilines is 1. The second-order valence-corrected chi connectivity index (χ2v) is 7.18. The van der Waals surface area contributed by atoms with E-state index in [2.05, 4.69) is 10.6 Å². The zero-order chi connectivity index (χ0) is 20.7. The van der Waals surface area contributed by atoms with E-state index < -0.39 is 28.6 Å². The molecule has 28 heavy (non-hydrogen) atoms. The molecule has 2 N–H and O–H groups in total. The first kappa shape index (κ1) is 20.9. The smallest absolute Gasteiger partial charge is 0.408 e. The number of carbonyl (C=O) groups excluding carboxylic acids is 2. The molecule has 0 aliphatic rings. The van der Waals surface area contributed by atoms with Gasteiger partial charge in [0.1, 0.15) is 11.6 Å². The molecule has 0 fully saturated rings. The summed E-state index contributed by atoms with van der Waals surface area (Å²) in [7, 11) is 0. The van der Waals surface area contributed by atoms with Crippen LogP contribution in [0.3, 0.4) is 0 Å². The van der Waals surface area contributed by atoms with Crippen molar-refractivity contribution < 1.29 is 19.2 Å². The highest BCUT2D eigenvalue weighted by atomic mass is 16.6. The quantitative estimate of drug-likeness (QED) is 0.582. The number of hydrogen-bond donors (Lipinski definition) is 2. The Kier molecular flexibility index (Phi) is 6.70. The third kappa shape index (κ3) is 6.71. The summed E-state index contributed by atoms with van der Waals surface area (Å²) in [6.45, 7) is 5.17. The molecule has 0 spiro atoms. The molecule has 0 saturated heterocycles. The van der Waals surface area contributed by atoms with Crippen LogP contribution >= 0.6 is 0 Å². The molecule has 2 aromatic rings. The van der Waals surface area contributed by atoms with Gasteiger partial charge in [0.25, 0.3) is 5.69 Å². The van der Waals surface area contributed by atoms with Crippen molar-refractivity contribution in [1.29, 1.82) is 0 Å². The number of hydrogen-bond acceptors (Lipinski definition) is 5. The van der Waals surface area contributed by atoms with Crippen LogP contribution in [0.25, 0.3) is 0 Å². The Balaban J connectivity index is 2.15. The number of nitro groups is 1. The van der Waals surface area contributed by atoms with Gasteiger partial charge in [0.2, 0.25) is 5.91 Å². The van der Waals surface area contributed by atoms with Crippen molar-refractivity contribution in [3.8, 4) is 0 Å². The molecule has 8 nitrogen and oxygen atoms in total. The molecule has 0 aliphatic heterocycles. The maximum Gasteiger partial charge on any atom is 0.408 e. The summed E-state index contributed by atoms with van der Waals surface area (Å²) in [6, 6.07) is 13.7. The van der Waals surface area contributed by atoms with Crippen molar-refractivity contribution in [2.24, 2.45) is 0 Å². The second-order valence-electron chi connectivity index (χ2n) is 7.18. The van der Waals surface area contributed by atoms with E-state index >= 15 is 0 Å². The minimum atomic E-state index is -0.920. The maximum atomic E-state index is 12.7. The Hall–Kier alpha value is -3.42. The van der Waals surface area contributed by atoms with Gasteiger partial charge in [-0.25, -0.2) is 4.79 Å². The first-order valence-corrected chi connectivity index (χ1v) is 8.73. The van der Waals surface area contributed by atoms with Gasteiger partial charge >= 0.3 is 6.09 Å². The average molecular weight is 385 g/mol. The van der Waals surface area contributed by atoms with Crippen LogP contribution in [-0.2, 0) is 16.0 Å². The van der Waals surface area contributed by atoms with Gasteiger partial charge in [0.15, 0.2) is 0 Å². The lowest BCUT2D eigenvalue weighted by molar-refractivity contribution is -0.384. The minimum absolute atomic E-state index is 0.0471. The standard InChI is InChI=1S/C20H23N3O5/c1-20(2,3)28-19(25)22-17(18(24)21-15-7-5-4-6-8-15)13-14-9-11-16(12-10-14)23(26)27/h4-12,17H,13H2,1-3H3,(H,21,24)(H,22,25). The first-order valence-electron chi connectivity index (χ1n) is 8.73. The number of amides is 2. The van der Waals surface area contributed by atoms with Crippen LogP contribution < -0.4 is 10.6 Å². The van der Waals surface area contributed by atoms with Crippen LogP contribution in [-0.4, -0.2) is 28.6 Å². The van der Waals surface area contributed by atoms with Crippen LogP contribution in [0.4, 0.5) is 16.2 Å². The predicted octanol–water partition coefficient (Wildman–Crippen LogP) is 3.67. The molecule has 2 rings (SSSR count). The van der Waals surface area contributed by atoms with Gasteiger partial charge in [-0.05, 0) is 38.5 Å². The monoisotopic (exact) mass is 385 g/mol. The normalized spacial score (nSPS) is 12.0. The van der Waals surface area contributed by atoms with Crippen LogP contribution in [0.1, 0.15) is 26.3 Å². The highest BCUT2D eigenvalue weighted by Gasteiger charge is 2.25. The molecular formula is C20H23N3O5. The molecule has 8 heteroatoms. The second kappa shape index (κ2) is 8.98. The Morgan fingerprint density at radius 3 is 2.21 bits per heavy atom. The molecule has 2 aromatic carbocycles. The lowest BCUT2D eigenvalue weighted by Crippen LogP contribution is -2.47. The molecule has 0 radical (unpaired) electrons. The fraction of sp³-hybridized carbons (Fsp3) is 0.300. The molecule has 0 saturated carbocycles. The Labute approximate surface area is 163 Å². The van der Waals surface area contributed by atoms with Crippen molar-refractivity contribution in [2.45, 2.75) is 38.8 Å². The van der Waals surface area contributed by atoms with Gasteiger partial charge in [-0.1, -0.05) is 30.3 Å². The summed E-state index contributed by atoms with van der Waals surface area (Å²) in [6.07, 6.45) is -0.571. The fourth-order valence-electron chi connectivity index (χ4n) is 2.40. The van der Waals surface area contributed by atoms with Crippen molar-refractivity contribution in [3.05, 3.63) is 70.3 Å². The van der Waals surface area contributed by atoms with Crippen molar-refractivity contribution in [2.75, 3.05) is 5.32 Å². The van der Waals surface area contributed by atoms with Crippen molar-refractivity contribution >= 4 is 23.4 Å². The summed E-state index contributed by atoms with van der Waals surface area (Å²) in [5.41, 5.74) is 0.494. The van der Waals surface area contributed by atoms with Crippen LogP contribution in [0, 0.1) is 10.1 Å². The van der Waals surface area contributed by atoms with Gasteiger partial charge in [-0.2, -0.15) is 0 Å². The van der Waals surface area contributed by atoms with Crippen LogP contribution in [0.15, 0.2) is 54.6 Å². The lowest BCUT2D eigenvalue weighted by atomic mass is 10.0. The molecule has 0 heterocycles. The van der Waals surface area contributed by atoms with E-state index in [0.717, 1.165) is 0 Å². The molecule has 2 amide bonds. The number of rotatable bonds is 6. The number of ether oxygens (including phenoxy) is 1. The average Bonchev–Trinajstić information content (AvgIpc) is 2.61. The molecule has 148 valence electrons. The van der Waals surface area contributed by atoms with Gasteiger partial charge < -0.3 is 15.4 Å². The Bertz CT molecular complexity index is 829. The summed E-state index contributed by atoms with van der Waals surface area (Å²) in [5, 5.41) is 16.1. The topological polar surface area (TPSA) is 111 Å². The number of non-ortho nitro benzene ring substituents is 1. The number of alkyl carbamates (subject to hydrolysis) is 1. The SMILES string of the molecule is CC(C)(C)OC(=O)NC(Cc1ccc([N+](=O)[O-])cc1)C(=O)Nc1ccccc1. The maximum absolute atomic E-state index is 12.7. The van der Waals surface area contributed by atoms with E-state index in [4.69, 9.17) is 4.74 Å². The third-order valence-corrected chi connectivity index (χ3v) is 3.64. The van der Waals surface area contributed by atoms with Crippen molar-refractivity contribution in [3.63, 3.8) is 0 Å². The van der Waals surface area contributed by atoms with E-state index in [1.54, 1.807) is 57.2 Å². The summed E-state index contributed by atoms with van der Waals surface area (Å²) in [4.78, 5) is 35.2. The molecule has 0 aliphatic carbocycles. The number of nitrogens with one attached hydrogen (secondary N) is 2. The number of carbonyl (C=O) groups is 2. The van der Waals surface area contributed by atoms with Gasteiger partial charge in [0.05, 0.1) is 4.92 Å². The third-order valence-electron chi connectivity index (χ3n) is 3.64. The number of benzene rings is 2. The van der Waals surface area contributed by atoms with Gasteiger partial charge in [-0.3, -0.25) is 14.9 Å². The van der Waals surface area contributed by atoms with E-state index in [1.807, 2.05) is 6.07 Å². The zero-order valence-electron chi connectivity index (χ0n) is 16.0. The molecule has 0 bridgehead atoms. The number of nitro benzene ring substituents is 1. The van der Waals surface area contributed by atoms with Crippen LogP contribution in [0.2, 0.25) is 0 Å². The van der Waals surface area contributed by atoms with E-state index in [0.29, 0.717) is 11.3 Å². The fourth-order valence-corrected chi connectivity index (χ4v) is 2.40. The van der Waals surface area contributed by atoms with Gasteiger partial charge in [0, 0.05) is 24.2 Å². The highest BCUT2D eigenvalue weighted by molar-refractivity contribution is 5.96. The Morgan fingerprint density at radius 1 is 1.07 bits per heavy atom. The summed E-state index contributed by atoms with van der Waals surface area (Å²) < 4.78 is 5.24. The van der Waals surface area contributed by atoms with E-state index in [1.165, 1.54) is 12.1 Å². The summed E-state index contributed by atoms with van der Waals surface area (Å²) >= 11 is 0. The van der Waals surface area contributed by atoms with Crippen molar-refractivity contribution in [1.82, 2.24) is 5.32 Å². The molecule has 1 atom stereocenters. The number of nitrogens with zero attached hydrogens (tertiary/aromatic N) is 1. The molecule has 0 aromatic heterocycles. The van der Waals surface area contributed by atoms with E-state index in [9.17, 15) is 19.7 Å². The van der Waals surface area contributed by atoms with Crippen LogP contribution in [0.5, 0.6) is 0 Å². The lowest BCUT2D eigenvalue weighted by Gasteiger charge is -2.23. The molecular weight excluding hydrogens is 362 g/mol. The highest BCUT2D eigenvalue weighted by Crippen LogP contribution is 2.15. The largest absolute Gasteiger partial charge is 0.444 e. The zero-order valence-corrected chi connectivity index (χ0v) is 16.0.